The molecule has 0 spiro atoms. The van der Waals surface area contributed by atoms with Crippen LogP contribution in [0, 0.1) is 0 Å². The molecule has 0 atom stereocenters. The Labute approximate surface area is 128 Å². The van der Waals surface area contributed by atoms with Crippen molar-refractivity contribution in [2.24, 2.45) is 4.99 Å². The maximum atomic E-state index is 5.17. The average molecular weight is 297 g/mol. The van der Waals surface area contributed by atoms with E-state index in [9.17, 15) is 0 Å². The SMILES string of the molecule is COc1ccc(C2=CSC(Nc3ccccn3)=NC2)cc1. The molecule has 0 unspecified atom stereocenters. The van der Waals surface area contributed by atoms with Crippen molar-refractivity contribution in [3.8, 4) is 5.75 Å². The summed E-state index contributed by atoms with van der Waals surface area (Å²) in [5.41, 5.74) is 2.37. The van der Waals surface area contributed by atoms with Crippen molar-refractivity contribution >= 4 is 28.3 Å². The van der Waals surface area contributed by atoms with E-state index >= 15 is 0 Å². The highest BCUT2D eigenvalue weighted by Crippen LogP contribution is 2.26. The first kappa shape index (κ1) is 13.7. The van der Waals surface area contributed by atoms with Crippen LogP contribution in [0.5, 0.6) is 5.75 Å². The van der Waals surface area contributed by atoms with Crippen LogP contribution in [0.15, 0.2) is 59.1 Å². The Morgan fingerprint density at radius 3 is 2.62 bits per heavy atom. The fourth-order valence-electron chi connectivity index (χ4n) is 1.94. The number of rotatable bonds is 3. The number of ether oxygens (including phenoxy) is 1. The number of aromatic nitrogens is 1. The molecule has 1 N–H and O–H groups in total. The largest absolute Gasteiger partial charge is 0.497 e. The zero-order valence-corrected chi connectivity index (χ0v) is 12.4. The van der Waals surface area contributed by atoms with E-state index in [1.54, 1.807) is 25.1 Å². The molecule has 0 saturated heterocycles. The first-order valence-corrected chi connectivity index (χ1v) is 7.46. The lowest BCUT2D eigenvalue weighted by Crippen LogP contribution is -2.11. The van der Waals surface area contributed by atoms with Gasteiger partial charge in [-0.15, -0.1) is 0 Å². The topological polar surface area (TPSA) is 46.5 Å². The smallest absolute Gasteiger partial charge is 0.166 e. The normalized spacial score (nSPS) is 14.1. The van der Waals surface area contributed by atoms with Gasteiger partial charge in [0.15, 0.2) is 5.17 Å². The van der Waals surface area contributed by atoms with Gasteiger partial charge in [-0.3, -0.25) is 4.99 Å². The molecule has 1 aromatic carbocycles. The summed E-state index contributed by atoms with van der Waals surface area (Å²) in [6, 6.07) is 13.8. The third-order valence-electron chi connectivity index (χ3n) is 3.07. The Balaban J connectivity index is 1.65. The van der Waals surface area contributed by atoms with E-state index in [-0.39, 0.29) is 0 Å². The summed E-state index contributed by atoms with van der Waals surface area (Å²) >= 11 is 1.58. The lowest BCUT2D eigenvalue weighted by atomic mass is 10.1. The number of hydrogen-bond acceptors (Lipinski definition) is 5. The summed E-state index contributed by atoms with van der Waals surface area (Å²) in [5.74, 6) is 1.67. The van der Waals surface area contributed by atoms with Gasteiger partial charge < -0.3 is 10.1 Å². The van der Waals surface area contributed by atoms with Gasteiger partial charge in [-0.05, 0) is 40.8 Å². The van der Waals surface area contributed by atoms with Crippen LogP contribution in [0.2, 0.25) is 0 Å². The van der Waals surface area contributed by atoms with E-state index in [1.807, 2.05) is 30.3 Å². The van der Waals surface area contributed by atoms with Crippen molar-refractivity contribution in [1.29, 1.82) is 0 Å². The molecule has 2 heterocycles. The summed E-state index contributed by atoms with van der Waals surface area (Å²) in [5, 5.41) is 6.20. The predicted octanol–water partition coefficient (Wildman–Crippen LogP) is 3.65. The molecule has 3 rings (SSSR count). The predicted molar refractivity (Wildman–Crippen MR) is 88.7 cm³/mol. The van der Waals surface area contributed by atoms with Gasteiger partial charge in [-0.2, -0.15) is 0 Å². The van der Waals surface area contributed by atoms with Gasteiger partial charge in [0.2, 0.25) is 0 Å². The number of thioether (sulfide) groups is 1. The van der Waals surface area contributed by atoms with Crippen molar-refractivity contribution in [2.75, 3.05) is 19.0 Å². The van der Waals surface area contributed by atoms with Gasteiger partial charge in [0, 0.05) is 6.20 Å². The van der Waals surface area contributed by atoms with Crippen LogP contribution in [0.25, 0.3) is 5.57 Å². The van der Waals surface area contributed by atoms with Crippen LogP contribution in [0.4, 0.5) is 5.82 Å². The summed E-state index contributed by atoms with van der Waals surface area (Å²) in [6.07, 6.45) is 1.76. The van der Waals surface area contributed by atoms with Gasteiger partial charge in [-0.1, -0.05) is 30.0 Å². The Kier molecular flexibility index (Phi) is 4.21. The molecule has 106 valence electrons. The van der Waals surface area contributed by atoms with Crippen LogP contribution in [-0.2, 0) is 0 Å². The molecular formula is C16H15N3OS. The molecule has 0 radical (unpaired) electrons. The molecule has 0 saturated carbocycles. The molecule has 0 bridgehead atoms. The number of nitrogens with one attached hydrogen (secondary N) is 1. The number of pyridine rings is 1. The number of aliphatic imine (C=N–C) groups is 1. The number of anilines is 1. The van der Waals surface area contributed by atoms with Crippen molar-refractivity contribution < 1.29 is 4.74 Å². The maximum Gasteiger partial charge on any atom is 0.166 e. The van der Waals surface area contributed by atoms with Crippen molar-refractivity contribution in [1.82, 2.24) is 4.98 Å². The minimum absolute atomic E-state index is 0.661. The molecular weight excluding hydrogens is 282 g/mol. The second kappa shape index (κ2) is 6.45. The van der Waals surface area contributed by atoms with E-state index in [2.05, 4.69) is 32.8 Å². The van der Waals surface area contributed by atoms with Crippen molar-refractivity contribution in [2.45, 2.75) is 0 Å². The van der Waals surface area contributed by atoms with Crippen LogP contribution >= 0.6 is 11.8 Å². The summed E-state index contributed by atoms with van der Waals surface area (Å²) < 4.78 is 5.17. The monoisotopic (exact) mass is 297 g/mol. The Morgan fingerprint density at radius 2 is 2.00 bits per heavy atom. The van der Waals surface area contributed by atoms with Crippen LogP contribution in [-0.4, -0.2) is 23.8 Å². The molecule has 1 aliphatic rings. The molecule has 2 aromatic rings. The summed E-state index contributed by atoms with van der Waals surface area (Å²) in [7, 11) is 1.67. The molecule has 1 aromatic heterocycles. The highest BCUT2D eigenvalue weighted by Gasteiger charge is 2.10. The molecule has 5 heteroatoms. The first-order chi connectivity index (χ1) is 10.3. The number of amidine groups is 1. The third kappa shape index (κ3) is 3.44. The van der Waals surface area contributed by atoms with Gasteiger partial charge in [0.05, 0.1) is 13.7 Å². The van der Waals surface area contributed by atoms with E-state index in [0.717, 1.165) is 16.7 Å². The Morgan fingerprint density at radius 1 is 1.14 bits per heavy atom. The standard InChI is InChI=1S/C16H15N3OS/c1-20-14-7-5-12(6-8-14)13-10-18-16(21-11-13)19-15-4-2-3-9-17-15/h2-9,11H,10H2,1H3,(H,17,18,19). The molecule has 0 amide bonds. The molecule has 1 aliphatic heterocycles. The molecule has 21 heavy (non-hydrogen) atoms. The van der Waals surface area contributed by atoms with Crippen LogP contribution in [0.1, 0.15) is 5.56 Å². The number of nitrogens with zero attached hydrogens (tertiary/aromatic N) is 2. The molecule has 4 nitrogen and oxygen atoms in total. The van der Waals surface area contributed by atoms with Crippen molar-refractivity contribution in [3.05, 3.63) is 59.6 Å². The summed E-state index contributed by atoms with van der Waals surface area (Å²) in [6.45, 7) is 0.661. The molecule has 0 aliphatic carbocycles. The van der Waals surface area contributed by atoms with Gasteiger partial charge in [0.25, 0.3) is 0 Å². The summed E-state index contributed by atoms with van der Waals surface area (Å²) in [4.78, 5) is 8.78. The quantitative estimate of drug-likeness (QED) is 0.939. The highest BCUT2D eigenvalue weighted by atomic mass is 32.2. The second-order valence-corrected chi connectivity index (χ2v) is 5.31. The zero-order chi connectivity index (χ0) is 14.5. The second-order valence-electron chi connectivity index (χ2n) is 4.45. The van der Waals surface area contributed by atoms with E-state index in [0.29, 0.717) is 6.54 Å². The lowest BCUT2D eigenvalue weighted by Gasteiger charge is -2.14. The third-order valence-corrected chi connectivity index (χ3v) is 3.92. The van der Waals surface area contributed by atoms with E-state index in [1.165, 1.54) is 11.1 Å². The number of methoxy groups -OCH3 is 1. The van der Waals surface area contributed by atoms with E-state index < -0.39 is 0 Å². The lowest BCUT2D eigenvalue weighted by molar-refractivity contribution is 0.415. The van der Waals surface area contributed by atoms with Gasteiger partial charge in [-0.25, -0.2) is 4.98 Å². The first-order valence-electron chi connectivity index (χ1n) is 6.58. The molecule has 0 fully saturated rings. The van der Waals surface area contributed by atoms with E-state index in [4.69, 9.17) is 4.74 Å². The minimum Gasteiger partial charge on any atom is -0.497 e. The fraction of sp³-hybridized carbons (Fsp3) is 0.125. The maximum absolute atomic E-state index is 5.17. The number of benzene rings is 1. The van der Waals surface area contributed by atoms with Gasteiger partial charge in [0.1, 0.15) is 11.6 Å². The number of hydrogen-bond donors (Lipinski definition) is 1. The zero-order valence-electron chi connectivity index (χ0n) is 11.6. The van der Waals surface area contributed by atoms with Crippen LogP contribution < -0.4 is 10.1 Å². The minimum atomic E-state index is 0.661. The van der Waals surface area contributed by atoms with Crippen molar-refractivity contribution in [3.63, 3.8) is 0 Å². The average Bonchev–Trinajstić information content (AvgIpc) is 2.57. The Bertz CT molecular complexity index is 666. The highest BCUT2D eigenvalue weighted by molar-refractivity contribution is 8.16. The fourth-order valence-corrected chi connectivity index (χ4v) is 2.71. The van der Waals surface area contributed by atoms with Gasteiger partial charge >= 0.3 is 0 Å². The van der Waals surface area contributed by atoms with Crippen LogP contribution in [0.3, 0.4) is 0 Å². The Hall–Kier alpha value is -2.27.